The molecule has 1 unspecified atom stereocenters. The summed E-state index contributed by atoms with van der Waals surface area (Å²) in [6.07, 6.45) is 9.95. The number of carboxylic acid groups (broad SMARTS) is 1. The van der Waals surface area contributed by atoms with Crippen LogP contribution in [0.25, 0.3) is 6.08 Å². The number of hydrogen-bond acceptors (Lipinski definition) is 4. The van der Waals surface area contributed by atoms with Crippen LogP contribution in [0.5, 0.6) is 0 Å². The van der Waals surface area contributed by atoms with Gasteiger partial charge in [0.25, 0.3) is 0 Å². The van der Waals surface area contributed by atoms with E-state index in [0.29, 0.717) is 12.8 Å². The van der Waals surface area contributed by atoms with Crippen LogP contribution in [0.15, 0.2) is 54.6 Å². The van der Waals surface area contributed by atoms with Gasteiger partial charge in [-0.1, -0.05) is 67.6 Å². The van der Waals surface area contributed by atoms with Crippen molar-refractivity contribution in [3.8, 4) is 0 Å². The van der Waals surface area contributed by atoms with Crippen molar-refractivity contribution in [2.45, 2.75) is 57.3 Å². The molecule has 4 N–H and O–H groups in total. The molecule has 27 heavy (non-hydrogen) atoms. The molecule has 0 heterocycles. The molecule has 0 aliphatic rings. The standard InChI is InChI=1S/C22H30O5/c1-2-3-5-12-19(23)18-11-9-8-10-17(18)15-16-21(25)20(24)13-6-4-7-14-22(26)27/h3-6,8-11,15-16,19-21,23-25H,2,7,12-14H2,1H3,(H,26,27)/b5-3-,6-4-,16-15+/t19?,20-,21+/m0/s1. The predicted molar refractivity (Wildman–Crippen MR) is 107 cm³/mol. The van der Waals surface area contributed by atoms with E-state index >= 15 is 0 Å². The lowest BCUT2D eigenvalue weighted by atomic mass is 9.98. The summed E-state index contributed by atoms with van der Waals surface area (Å²) in [6.45, 7) is 2.04. The van der Waals surface area contributed by atoms with Crippen LogP contribution >= 0.6 is 0 Å². The van der Waals surface area contributed by atoms with E-state index in [1.54, 1.807) is 18.2 Å². The monoisotopic (exact) mass is 374 g/mol. The molecule has 1 aromatic carbocycles. The van der Waals surface area contributed by atoms with Crippen molar-refractivity contribution in [3.63, 3.8) is 0 Å². The van der Waals surface area contributed by atoms with Gasteiger partial charge in [0.1, 0.15) is 0 Å². The number of aliphatic carboxylic acids is 1. The van der Waals surface area contributed by atoms with Gasteiger partial charge in [-0.05, 0) is 36.8 Å². The Morgan fingerprint density at radius 2 is 1.74 bits per heavy atom. The van der Waals surface area contributed by atoms with Gasteiger partial charge < -0.3 is 20.4 Å². The van der Waals surface area contributed by atoms with E-state index in [0.717, 1.165) is 17.5 Å². The highest BCUT2D eigenvalue weighted by atomic mass is 16.4. The Balaban J connectivity index is 2.64. The first kappa shape index (κ1) is 22.8. The molecule has 0 spiro atoms. The first-order chi connectivity index (χ1) is 13.0. The van der Waals surface area contributed by atoms with E-state index in [-0.39, 0.29) is 12.8 Å². The third-order valence-electron chi connectivity index (χ3n) is 4.05. The Labute approximate surface area is 161 Å². The fraction of sp³-hybridized carbons (Fsp3) is 0.409. The van der Waals surface area contributed by atoms with Gasteiger partial charge in [0.15, 0.2) is 0 Å². The molecule has 0 saturated carbocycles. The average Bonchev–Trinajstić information content (AvgIpc) is 2.65. The van der Waals surface area contributed by atoms with Crippen molar-refractivity contribution in [2.75, 3.05) is 0 Å². The number of aliphatic hydroxyl groups is 3. The van der Waals surface area contributed by atoms with Gasteiger partial charge in [-0.3, -0.25) is 4.79 Å². The fourth-order valence-electron chi connectivity index (χ4n) is 2.52. The Morgan fingerprint density at radius 1 is 1.04 bits per heavy atom. The fourth-order valence-corrected chi connectivity index (χ4v) is 2.52. The van der Waals surface area contributed by atoms with Gasteiger partial charge in [-0.15, -0.1) is 0 Å². The smallest absolute Gasteiger partial charge is 0.303 e. The van der Waals surface area contributed by atoms with Crippen LogP contribution in [0.2, 0.25) is 0 Å². The summed E-state index contributed by atoms with van der Waals surface area (Å²) >= 11 is 0. The third-order valence-corrected chi connectivity index (χ3v) is 4.05. The Bertz CT molecular complexity index is 648. The first-order valence-corrected chi connectivity index (χ1v) is 9.28. The van der Waals surface area contributed by atoms with Crippen LogP contribution in [0.1, 0.15) is 56.3 Å². The Kier molecular flexibility index (Phi) is 11.0. The van der Waals surface area contributed by atoms with Crippen LogP contribution in [-0.2, 0) is 4.79 Å². The van der Waals surface area contributed by atoms with Gasteiger partial charge >= 0.3 is 5.97 Å². The average molecular weight is 374 g/mol. The summed E-state index contributed by atoms with van der Waals surface area (Å²) in [5.41, 5.74) is 1.56. The minimum atomic E-state index is -1.06. The number of benzene rings is 1. The van der Waals surface area contributed by atoms with Gasteiger partial charge in [-0.25, -0.2) is 0 Å². The van der Waals surface area contributed by atoms with Crippen LogP contribution in [0.3, 0.4) is 0 Å². The second kappa shape index (κ2) is 13.0. The van der Waals surface area contributed by atoms with Crippen LogP contribution in [0.4, 0.5) is 0 Å². The highest BCUT2D eigenvalue weighted by Gasteiger charge is 2.13. The maximum absolute atomic E-state index is 10.4. The summed E-state index contributed by atoms with van der Waals surface area (Å²) in [5.74, 6) is -0.866. The summed E-state index contributed by atoms with van der Waals surface area (Å²) in [7, 11) is 0. The van der Waals surface area contributed by atoms with Crippen molar-refractivity contribution >= 4 is 12.0 Å². The third kappa shape index (κ3) is 9.33. The predicted octanol–water partition coefficient (Wildman–Crippen LogP) is 3.62. The number of allylic oxidation sites excluding steroid dienone is 2. The molecule has 0 aliphatic heterocycles. The molecule has 5 nitrogen and oxygen atoms in total. The Hall–Kier alpha value is -2.21. The highest BCUT2D eigenvalue weighted by Crippen LogP contribution is 2.23. The molecule has 0 aromatic heterocycles. The highest BCUT2D eigenvalue weighted by molar-refractivity contribution is 5.66. The molecule has 0 amide bonds. The molecular weight excluding hydrogens is 344 g/mol. The van der Waals surface area contributed by atoms with E-state index in [1.165, 1.54) is 6.08 Å². The number of carbonyl (C=O) groups is 1. The van der Waals surface area contributed by atoms with Crippen molar-refractivity contribution in [1.82, 2.24) is 0 Å². The summed E-state index contributed by atoms with van der Waals surface area (Å²) in [6, 6.07) is 7.40. The van der Waals surface area contributed by atoms with E-state index in [4.69, 9.17) is 5.11 Å². The van der Waals surface area contributed by atoms with Crippen molar-refractivity contribution in [3.05, 3.63) is 65.8 Å². The summed E-state index contributed by atoms with van der Waals surface area (Å²) in [4.78, 5) is 10.4. The quantitative estimate of drug-likeness (QED) is 0.419. The molecule has 148 valence electrons. The normalized spacial score (nSPS) is 15.6. The molecule has 0 aliphatic carbocycles. The summed E-state index contributed by atoms with van der Waals surface area (Å²) in [5, 5.41) is 39.0. The zero-order valence-electron chi connectivity index (χ0n) is 15.7. The second-order valence-corrected chi connectivity index (χ2v) is 6.32. The molecule has 1 rings (SSSR count). The van der Waals surface area contributed by atoms with Gasteiger partial charge in [-0.2, -0.15) is 0 Å². The van der Waals surface area contributed by atoms with Gasteiger partial charge in [0.05, 0.1) is 18.3 Å². The van der Waals surface area contributed by atoms with Crippen LogP contribution < -0.4 is 0 Å². The molecule has 5 heteroatoms. The largest absolute Gasteiger partial charge is 0.481 e. The molecule has 1 aromatic rings. The summed E-state index contributed by atoms with van der Waals surface area (Å²) < 4.78 is 0. The van der Waals surface area contributed by atoms with Crippen molar-refractivity contribution < 1.29 is 25.2 Å². The maximum atomic E-state index is 10.4. The lowest BCUT2D eigenvalue weighted by molar-refractivity contribution is -0.136. The second-order valence-electron chi connectivity index (χ2n) is 6.32. The van der Waals surface area contributed by atoms with Gasteiger partial charge in [0, 0.05) is 6.42 Å². The van der Waals surface area contributed by atoms with E-state index in [9.17, 15) is 20.1 Å². The molecule has 0 radical (unpaired) electrons. The van der Waals surface area contributed by atoms with Crippen molar-refractivity contribution in [2.24, 2.45) is 0 Å². The number of aliphatic hydroxyl groups excluding tert-OH is 3. The number of carboxylic acids is 1. The zero-order valence-corrected chi connectivity index (χ0v) is 15.7. The molecule has 0 saturated heterocycles. The zero-order chi connectivity index (χ0) is 20.1. The molecular formula is C22H30O5. The number of rotatable bonds is 12. The van der Waals surface area contributed by atoms with Crippen molar-refractivity contribution in [1.29, 1.82) is 0 Å². The lowest BCUT2D eigenvalue weighted by Crippen LogP contribution is -2.22. The van der Waals surface area contributed by atoms with E-state index < -0.39 is 24.3 Å². The minimum absolute atomic E-state index is 0.0433. The SMILES string of the molecule is CC/C=C\CC(O)c1ccccc1/C=C/[C@@H](O)[C@@H](O)C/C=C\CCC(=O)O. The molecule has 0 bridgehead atoms. The molecule has 0 fully saturated rings. The topological polar surface area (TPSA) is 98.0 Å². The first-order valence-electron chi connectivity index (χ1n) is 9.28. The van der Waals surface area contributed by atoms with Crippen LogP contribution in [0, 0.1) is 0 Å². The molecule has 3 atom stereocenters. The van der Waals surface area contributed by atoms with Gasteiger partial charge in [0.2, 0.25) is 0 Å². The maximum Gasteiger partial charge on any atom is 0.303 e. The van der Waals surface area contributed by atoms with Crippen LogP contribution in [-0.4, -0.2) is 38.6 Å². The minimum Gasteiger partial charge on any atom is -0.481 e. The number of hydrogen-bond donors (Lipinski definition) is 4. The Morgan fingerprint density at radius 3 is 2.44 bits per heavy atom. The lowest BCUT2D eigenvalue weighted by Gasteiger charge is -2.14. The van der Waals surface area contributed by atoms with E-state index in [2.05, 4.69) is 0 Å². The van der Waals surface area contributed by atoms with E-state index in [1.807, 2.05) is 43.3 Å².